The number of hydrogen-bond acceptors (Lipinski definition) is 4. The van der Waals surface area contributed by atoms with Crippen molar-refractivity contribution in [3.05, 3.63) is 50.0 Å². The lowest BCUT2D eigenvalue weighted by atomic mass is 10.1. The lowest BCUT2D eigenvalue weighted by molar-refractivity contribution is 0.0695. The molecule has 0 amide bonds. The largest absolute Gasteiger partial charge is 0.477 e. The fourth-order valence-electron chi connectivity index (χ4n) is 2.48. The van der Waals surface area contributed by atoms with Gasteiger partial charge in [-0.05, 0) is 26.0 Å². The van der Waals surface area contributed by atoms with Crippen LogP contribution in [-0.2, 0) is 6.54 Å². The first-order chi connectivity index (χ1) is 11.3. The van der Waals surface area contributed by atoms with Crippen LogP contribution in [0.15, 0.2) is 23.1 Å². The molecule has 0 atom stereocenters. The number of fused-ring (bicyclic) bond motifs is 1. The Morgan fingerprint density at radius 3 is 2.71 bits per heavy atom. The van der Waals surface area contributed by atoms with Crippen LogP contribution in [0.4, 0.5) is 4.39 Å². The molecule has 0 saturated carbocycles. The van der Waals surface area contributed by atoms with Crippen LogP contribution in [-0.4, -0.2) is 20.6 Å². The highest BCUT2D eigenvalue weighted by molar-refractivity contribution is 7.15. The van der Waals surface area contributed by atoms with E-state index in [2.05, 4.69) is 4.98 Å². The van der Waals surface area contributed by atoms with Crippen molar-refractivity contribution < 1.29 is 14.3 Å². The molecule has 2 heterocycles. The van der Waals surface area contributed by atoms with Gasteiger partial charge in [0.1, 0.15) is 21.5 Å². The molecule has 0 aliphatic heterocycles. The Morgan fingerprint density at radius 1 is 1.46 bits per heavy atom. The number of aromatic carboxylic acids is 1. The number of thiazole rings is 1. The summed E-state index contributed by atoms with van der Waals surface area (Å²) in [6, 6.07) is 2.58. The molecule has 8 heteroatoms. The van der Waals surface area contributed by atoms with Crippen LogP contribution < -0.4 is 5.43 Å². The zero-order valence-electron chi connectivity index (χ0n) is 12.8. The third-order valence-electron chi connectivity index (χ3n) is 3.71. The second-order valence-electron chi connectivity index (χ2n) is 5.18. The molecule has 5 nitrogen and oxygen atoms in total. The summed E-state index contributed by atoms with van der Waals surface area (Å²) in [6.07, 6.45) is 1.27. The van der Waals surface area contributed by atoms with Crippen molar-refractivity contribution in [2.45, 2.75) is 20.4 Å². The average molecular weight is 367 g/mol. The van der Waals surface area contributed by atoms with Crippen LogP contribution in [0.2, 0.25) is 5.15 Å². The number of carboxylic acids is 1. The van der Waals surface area contributed by atoms with E-state index in [9.17, 15) is 14.0 Å². The van der Waals surface area contributed by atoms with Gasteiger partial charge in [0.05, 0.1) is 5.52 Å². The molecule has 2 aromatic heterocycles. The van der Waals surface area contributed by atoms with Crippen LogP contribution in [0.5, 0.6) is 0 Å². The molecule has 124 valence electrons. The fourth-order valence-corrected chi connectivity index (χ4v) is 3.55. The van der Waals surface area contributed by atoms with E-state index in [-0.39, 0.29) is 16.5 Å². The molecule has 0 unspecified atom stereocenters. The van der Waals surface area contributed by atoms with Crippen molar-refractivity contribution in [1.82, 2.24) is 9.55 Å². The van der Waals surface area contributed by atoms with Crippen LogP contribution in [0.1, 0.15) is 22.2 Å². The van der Waals surface area contributed by atoms with E-state index in [1.807, 2.05) is 6.92 Å². The van der Waals surface area contributed by atoms with E-state index in [1.54, 1.807) is 11.5 Å². The predicted molar refractivity (Wildman–Crippen MR) is 91.7 cm³/mol. The molecular formula is C16H12ClFN2O3S. The SMILES string of the molecule is CCn1cc(C(=O)O)c(=O)c2cc(F)c(-c3nc(Cl)c(C)s3)cc21. The van der Waals surface area contributed by atoms with Crippen molar-refractivity contribution in [1.29, 1.82) is 0 Å². The maximum atomic E-state index is 14.5. The van der Waals surface area contributed by atoms with E-state index in [1.165, 1.54) is 23.6 Å². The number of hydrogen-bond donors (Lipinski definition) is 1. The standard InChI is InChI=1S/C16H12ClFN2O3S/c1-3-20-6-10(16(22)23)13(21)9-4-11(18)8(5-12(9)20)15-19-14(17)7(2)24-15/h4-6H,3H2,1-2H3,(H,22,23). The van der Waals surface area contributed by atoms with Gasteiger partial charge in [-0.15, -0.1) is 11.3 Å². The van der Waals surface area contributed by atoms with E-state index >= 15 is 0 Å². The first-order valence-corrected chi connectivity index (χ1v) is 8.26. The number of aryl methyl sites for hydroxylation is 2. The summed E-state index contributed by atoms with van der Waals surface area (Å²) >= 11 is 7.20. The highest BCUT2D eigenvalue weighted by Gasteiger charge is 2.19. The fraction of sp³-hybridized carbons (Fsp3) is 0.188. The zero-order chi connectivity index (χ0) is 17.6. The third-order valence-corrected chi connectivity index (χ3v) is 5.19. The first kappa shape index (κ1) is 16.6. The molecule has 0 aliphatic carbocycles. The normalized spacial score (nSPS) is 11.2. The van der Waals surface area contributed by atoms with Gasteiger partial charge < -0.3 is 9.67 Å². The quantitative estimate of drug-likeness (QED) is 0.762. The highest BCUT2D eigenvalue weighted by atomic mass is 35.5. The van der Waals surface area contributed by atoms with E-state index < -0.39 is 17.2 Å². The Labute approximate surface area is 145 Å². The summed E-state index contributed by atoms with van der Waals surface area (Å²) in [5.74, 6) is -1.98. The van der Waals surface area contributed by atoms with Gasteiger partial charge in [-0.25, -0.2) is 14.2 Å². The Morgan fingerprint density at radius 2 is 2.17 bits per heavy atom. The molecule has 0 saturated heterocycles. The summed E-state index contributed by atoms with van der Waals surface area (Å²) in [5, 5.41) is 9.90. The van der Waals surface area contributed by atoms with Gasteiger partial charge in [0.25, 0.3) is 0 Å². The van der Waals surface area contributed by atoms with Gasteiger partial charge in [0, 0.05) is 28.6 Å². The van der Waals surface area contributed by atoms with Crippen molar-refractivity contribution in [2.24, 2.45) is 0 Å². The van der Waals surface area contributed by atoms with Gasteiger partial charge >= 0.3 is 5.97 Å². The lowest BCUT2D eigenvalue weighted by Crippen LogP contribution is -2.19. The van der Waals surface area contributed by atoms with Crippen molar-refractivity contribution in [3.63, 3.8) is 0 Å². The zero-order valence-corrected chi connectivity index (χ0v) is 14.3. The molecule has 1 aromatic carbocycles. The summed E-state index contributed by atoms with van der Waals surface area (Å²) in [6.45, 7) is 4.02. The van der Waals surface area contributed by atoms with Crippen LogP contribution in [0, 0.1) is 12.7 Å². The maximum Gasteiger partial charge on any atom is 0.341 e. The number of pyridine rings is 1. The van der Waals surface area contributed by atoms with E-state index in [0.29, 0.717) is 22.2 Å². The van der Waals surface area contributed by atoms with Crippen LogP contribution in [0.25, 0.3) is 21.5 Å². The minimum atomic E-state index is -1.34. The highest BCUT2D eigenvalue weighted by Crippen LogP contribution is 2.33. The topological polar surface area (TPSA) is 72.2 Å². The molecule has 0 spiro atoms. The average Bonchev–Trinajstić information content (AvgIpc) is 2.86. The van der Waals surface area contributed by atoms with Crippen molar-refractivity contribution in [3.8, 4) is 10.6 Å². The minimum absolute atomic E-state index is 0.0253. The molecule has 24 heavy (non-hydrogen) atoms. The number of rotatable bonds is 3. The predicted octanol–water partition coefficient (Wildman–Crippen LogP) is 3.94. The van der Waals surface area contributed by atoms with E-state index in [4.69, 9.17) is 16.7 Å². The lowest BCUT2D eigenvalue weighted by Gasteiger charge is -2.11. The summed E-state index contributed by atoms with van der Waals surface area (Å²) in [4.78, 5) is 28.4. The molecule has 1 N–H and O–H groups in total. The van der Waals surface area contributed by atoms with Gasteiger partial charge in [-0.2, -0.15) is 0 Å². The Balaban J connectivity index is 2.37. The molecule has 0 aliphatic rings. The number of carboxylic acid groups (broad SMARTS) is 1. The molecule has 0 bridgehead atoms. The minimum Gasteiger partial charge on any atom is -0.477 e. The van der Waals surface area contributed by atoms with Gasteiger partial charge in [-0.3, -0.25) is 4.79 Å². The number of halogens is 2. The molecular weight excluding hydrogens is 355 g/mol. The van der Waals surface area contributed by atoms with Gasteiger partial charge in [-0.1, -0.05) is 11.6 Å². The van der Waals surface area contributed by atoms with Crippen molar-refractivity contribution in [2.75, 3.05) is 0 Å². The van der Waals surface area contributed by atoms with Gasteiger partial charge in [0.15, 0.2) is 0 Å². The Bertz CT molecular complexity index is 1020. The summed E-state index contributed by atoms with van der Waals surface area (Å²) < 4.78 is 16.1. The number of aromatic nitrogens is 2. The molecule has 3 aromatic rings. The maximum absolute atomic E-state index is 14.5. The second kappa shape index (κ2) is 5.99. The van der Waals surface area contributed by atoms with E-state index in [0.717, 1.165) is 10.9 Å². The van der Waals surface area contributed by atoms with Crippen LogP contribution >= 0.6 is 22.9 Å². The smallest absolute Gasteiger partial charge is 0.341 e. The van der Waals surface area contributed by atoms with Gasteiger partial charge in [0.2, 0.25) is 5.43 Å². The summed E-state index contributed by atoms with van der Waals surface area (Å²) in [7, 11) is 0. The third kappa shape index (κ3) is 2.59. The Hall–Kier alpha value is -2.25. The summed E-state index contributed by atoms with van der Waals surface area (Å²) in [5.41, 5.74) is -0.411. The number of nitrogens with zero attached hydrogens (tertiary/aromatic N) is 2. The first-order valence-electron chi connectivity index (χ1n) is 7.06. The molecule has 3 rings (SSSR count). The monoisotopic (exact) mass is 366 g/mol. The second-order valence-corrected chi connectivity index (χ2v) is 6.74. The molecule has 0 radical (unpaired) electrons. The number of benzene rings is 1. The Kier molecular flexibility index (Phi) is 4.15. The van der Waals surface area contributed by atoms with Crippen molar-refractivity contribution >= 4 is 39.8 Å². The molecule has 0 fully saturated rings. The number of carbonyl (C=O) groups is 1. The van der Waals surface area contributed by atoms with Crippen LogP contribution in [0.3, 0.4) is 0 Å².